The maximum atomic E-state index is 13.2. The van der Waals surface area contributed by atoms with Gasteiger partial charge < -0.3 is 10.3 Å². The van der Waals surface area contributed by atoms with Crippen LogP contribution in [0.3, 0.4) is 0 Å². The Bertz CT molecular complexity index is 777. The molecule has 0 aromatic carbocycles. The summed E-state index contributed by atoms with van der Waals surface area (Å²) in [6.07, 6.45) is 5.30. The van der Waals surface area contributed by atoms with Gasteiger partial charge in [0, 0.05) is 36.6 Å². The number of allylic oxidation sites excluding steroid dienone is 2. The number of rotatable bonds is 3. The third kappa shape index (κ3) is 2.19. The number of nitrogens with zero attached hydrogens (tertiary/aromatic N) is 2. The van der Waals surface area contributed by atoms with Crippen LogP contribution in [0.5, 0.6) is 0 Å². The van der Waals surface area contributed by atoms with Crippen LogP contribution in [-0.2, 0) is 6.54 Å². The number of aromatic nitrogens is 2. The lowest BCUT2D eigenvalue weighted by atomic mass is 9.91. The molecule has 0 spiro atoms. The van der Waals surface area contributed by atoms with E-state index in [-0.39, 0.29) is 17.1 Å². The maximum Gasteiger partial charge on any atom is 0.203 e. The summed E-state index contributed by atoms with van der Waals surface area (Å²) < 4.78 is 14.9. The van der Waals surface area contributed by atoms with Crippen LogP contribution in [-0.4, -0.2) is 27.7 Å². The molecule has 1 aliphatic carbocycles. The Labute approximate surface area is 119 Å². The van der Waals surface area contributed by atoms with Crippen molar-refractivity contribution in [3.8, 4) is 0 Å². The van der Waals surface area contributed by atoms with Crippen molar-refractivity contribution < 1.29 is 14.0 Å². The fourth-order valence-corrected chi connectivity index (χ4v) is 2.44. The third-order valence-electron chi connectivity index (χ3n) is 3.35. The SMILES string of the molecule is NCCn1ccc2c1C(=O)C=C(c1cncc(F)c1)C2=O. The molecule has 2 N–H and O–H groups in total. The smallest absolute Gasteiger partial charge is 0.203 e. The van der Waals surface area contributed by atoms with Crippen molar-refractivity contribution in [1.29, 1.82) is 0 Å². The first-order valence-electron chi connectivity index (χ1n) is 6.42. The van der Waals surface area contributed by atoms with Crippen molar-refractivity contribution >= 4 is 17.1 Å². The van der Waals surface area contributed by atoms with Gasteiger partial charge in [0.2, 0.25) is 5.78 Å². The Morgan fingerprint density at radius 1 is 1.29 bits per heavy atom. The summed E-state index contributed by atoms with van der Waals surface area (Å²) in [7, 11) is 0. The van der Waals surface area contributed by atoms with Crippen LogP contribution in [0.1, 0.15) is 26.4 Å². The van der Waals surface area contributed by atoms with Crippen LogP contribution in [0.4, 0.5) is 4.39 Å². The normalized spacial score (nSPS) is 14.1. The number of Topliss-reactive ketones (excluding diaryl/α,β-unsaturated/α-hetero) is 1. The summed E-state index contributed by atoms with van der Waals surface area (Å²) in [6.45, 7) is 0.825. The van der Waals surface area contributed by atoms with E-state index in [0.29, 0.717) is 29.9 Å². The second-order valence-corrected chi connectivity index (χ2v) is 4.70. The first-order valence-corrected chi connectivity index (χ1v) is 6.42. The predicted molar refractivity (Wildman–Crippen MR) is 74.3 cm³/mol. The van der Waals surface area contributed by atoms with Crippen LogP contribution in [0, 0.1) is 5.82 Å². The summed E-state index contributed by atoms with van der Waals surface area (Å²) in [5.41, 5.74) is 6.59. The van der Waals surface area contributed by atoms with Gasteiger partial charge in [0.1, 0.15) is 11.5 Å². The molecule has 0 aliphatic heterocycles. The Hall–Kier alpha value is -2.60. The predicted octanol–water partition coefficient (Wildman–Crippen LogP) is 1.44. The van der Waals surface area contributed by atoms with Crippen LogP contribution < -0.4 is 5.73 Å². The molecule has 2 heterocycles. The largest absolute Gasteiger partial charge is 0.343 e. The van der Waals surface area contributed by atoms with E-state index in [2.05, 4.69) is 4.98 Å². The van der Waals surface area contributed by atoms with E-state index in [4.69, 9.17) is 5.73 Å². The van der Waals surface area contributed by atoms with Gasteiger partial charge in [0.25, 0.3) is 0 Å². The van der Waals surface area contributed by atoms with E-state index in [1.807, 2.05) is 0 Å². The van der Waals surface area contributed by atoms with E-state index >= 15 is 0 Å². The third-order valence-corrected chi connectivity index (χ3v) is 3.35. The molecular formula is C15H12FN3O2. The average Bonchev–Trinajstić information content (AvgIpc) is 2.88. The maximum absolute atomic E-state index is 13.2. The highest BCUT2D eigenvalue weighted by atomic mass is 19.1. The molecule has 0 atom stereocenters. The summed E-state index contributed by atoms with van der Waals surface area (Å²) in [5.74, 6) is -1.16. The molecule has 2 aromatic heterocycles. The number of carbonyl (C=O) groups is 2. The minimum absolute atomic E-state index is 0.157. The zero-order chi connectivity index (χ0) is 15.0. The molecule has 3 rings (SSSR count). The minimum Gasteiger partial charge on any atom is -0.343 e. The Morgan fingerprint density at radius 2 is 2.10 bits per heavy atom. The molecule has 0 unspecified atom stereocenters. The van der Waals surface area contributed by atoms with Gasteiger partial charge in [-0.25, -0.2) is 4.39 Å². The Balaban J connectivity index is 2.08. The molecule has 0 saturated carbocycles. The van der Waals surface area contributed by atoms with Crippen molar-refractivity contribution in [2.75, 3.05) is 6.54 Å². The van der Waals surface area contributed by atoms with Gasteiger partial charge in [-0.3, -0.25) is 14.6 Å². The summed E-state index contributed by atoms with van der Waals surface area (Å²) in [4.78, 5) is 28.4. The zero-order valence-electron chi connectivity index (χ0n) is 11.0. The first kappa shape index (κ1) is 13.4. The first-order chi connectivity index (χ1) is 10.1. The van der Waals surface area contributed by atoms with E-state index < -0.39 is 5.82 Å². The standard InChI is InChI=1S/C15H12FN3O2/c16-10-5-9(7-18-8-10)12-6-13(20)14-11(15(12)21)1-3-19(14)4-2-17/h1,3,5-8H,2,4,17H2. The molecule has 6 heteroatoms. The van der Waals surface area contributed by atoms with E-state index in [1.165, 1.54) is 18.3 Å². The summed E-state index contributed by atoms with van der Waals surface area (Å²) in [5, 5.41) is 0. The van der Waals surface area contributed by atoms with Crippen molar-refractivity contribution in [2.24, 2.45) is 5.73 Å². The van der Waals surface area contributed by atoms with Gasteiger partial charge in [0.05, 0.1) is 11.8 Å². The lowest BCUT2D eigenvalue weighted by Crippen LogP contribution is -2.20. The van der Waals surface area contributed by atoms with Gasteiger partial charge in [-0.15, -0.1) is 0 Å². The van der Waals surface area contributed by atoms with Crippen molar-refractivity contribution in [2.45, 2.75) is 6.54 Å². The average molecular weight is 285 g/mol. The molecule has 0 amide bonds. The number of carbonyl (C=O) groups excluding carboxylic acids is 2. The fourth-order valence-electron chi connectivity index (χ4n) is 2.44. The number of pyridine rings is 1. The zero-order valence-corrected chi connectivity index (χ0v) is 11.0. The molecule has 5 nitrogen and oxygen atoms in total. The molecule has 1 aliphatic rings. The molecule has 21 heavy (non-hydrogen) atoms. The highest BCUT2D eigenvalue weighted by Crippen LogP contribution is 2.28. The van der Waals surface area contributed by atoms with Crippen LogP contribution >= 0.6 is 0 Å². The highest BCUT2D eigenvalue weighted by Gasteiger charge is 2.29. The van der Waals surface area contributed by atoms with Crippen LogP contribution in [0.2, 0.25) is 0 Å². The number of ketones is 2. The van der Waals surface area contributed by atoms with E-state index in [9.17, 15) is 14.0 Å². The van der Waals surface area contributed by atoms with Crippen LogP contribution in [0.25, 0.3) is 5.57 Å². The monoisotopic (exact) mass is 285 g/mol. The molecule has 106 valence electrons. The number of hydrogen-bond acceptors (Lipinski definition) is 4. The summed E-state index contributed by atoms with van der Waals surface area (Å²) in [6, 6.07) is 2.77. The number of nitrogens with two attached hydrogens (primary N) is 1. The van der Waals surface area contributed by atoms with Crippen molar-refractivity contribution in [1.82, 2.24) is 9.55 Å². The lowest BCUT2D eigenvalue weighted by Gasteiger charge is -2.14. The molecule has 0 bridgehead atoms. The molecular weight excluding hydrogens is 273 g/mol. The molecule has 0 saturated heterocycles. The highest BCUT2D eigenvalue weighted by molar-refractivity contribution is 6.38. The second-order valence-electron chi connectivity index (χ2n) is 4.70. The number of fused-ring (bicyclic) bond motifs is 1. The lowest BCUT2D eigenvalue weighted by molar-refractivity contribution is 0.0995. The van der Waals surface area contributed by atoms with Gasteiger partial charge in [-0.2, -0.15) is 0 Å². The van der Waals surface area contributed by atoms with Gasteiger partial charge in [-0.05, 0) is 18.2 Å². The topological polar surface area (TPSA) is 78.0 Å². The molecule has 2 aromatic rings. The number of halogens is 1. The fraction of sp³-hybridized carbons (Fsp3) is 0.133. The van der Waals surface area contributed by atoms with Crippen molar-refractivity contribution in [3.63, 3.8) is 0 Å². The summed E-state index contributed by atoms with van der Waals surface area (Å²) >= 11 is 0. The van der Waals surface area contributed by atoms with Crippen molar-refractivity contribution in [3.05, 3.63) is 59.4 Å². The van der Waals surface area contributed by atoms with Gasteiger partial charge in [-0.1, -0.05) is 0 Å². The molecule has 0 radical (unpaired) electrons. The second kappa shape index (κ2) is 5.06. The molecule has 0 fully saturated rings. The van der Waals surface area contributed by atoms with E-state index in [0.717, 1.165) is 6.20 Å². The van der Waals surface area contributed by atoms with E-state index in [1.54, 1.807) is 16.8 Å². The Kier molecular flexibility index (Phi) is 3.23. The Morgan fingerprint density at radius 3 is 2.81 bits per heavy atom. The minimum atomic E-state index is -0.555. The quantitative estimate of drug-likeness (QED) is 0.925. The van der Waals surface area contributed by atoms with Gasteiger partial charge in [0.15, 0.2) is 5.78 Å². The van der Waals surface area contributed by atoms with Crippen LogP contribution in [0.15, 0.2) is 36.8 Å². The van der Waals surface area contributed by atoms with Gasteiger partial charge >= 0.3 is 0 Å². The number of hydrogen-bond donors (Lipinski definition) is 1.